The average molecular weight is 382 g/mol. The van der Waals surface area contributed by atoms with E-state index >= 15 is 0 Å². The molecule has 0 spiro atoms. The van der Waals surface area contributed by atoms with Crippen molar-refractivity contribution in [1.82, 2.24) is 9.72 Å². The molecular weight excluding hydrogens is 368 g/mol. The van der Waals surface area contributed by atoms with E-state index in [1.54, 1.807) is 37.5 Å². The number of aryl methyl sites for hydroxylation is 2. The van der Waals surface area contributed by atoms with Gasteiger partial charge >= 0.3 is 0 Å². The minimum absolute atomic E-state index is 0.0624. The fraction of sp³-hybridized carbons (Fsp3) is 0.222. The number of rotatable bonds is 5. The Bertz CT molecular complexity index is 1010. The average Bonchev–Trinajstić information content (AvgIpc) is 3.15. The summed E-state index contributed by atoms with van der Waals surface area (Å²) in [6.07, 6.45) is 0. The van der Waals surface area contributed by atoms with Crippen molar-refractivity contribution in [2.45, 2.75) is 20.8 Å². The Morgan fingerprint density at radius 1 is 1.07 bits per heavy atom. The summed E-state index contributed by atoms with van der Waals surface area (Å²) < 4.78 is 65.1. The van der Waals surface area contributed by atoms with Crippen molar-refractivity contribution in [3.05, 3.63) is 64.2 Å². The first-order chi connectivity index (χ1) is 12.7. The van der Waals surface area contributed by atoms with Crippen molar-refractivity contribution in [2.24, 2.45) is 0 Å². The number of hydrogen-bond acceptors (Lipinski definition) is 4. The lowest BCUT2D eigenvalue weighted by Gasteiger charge is -2.09. The van der Waals surface area contributed by atoms with Crippen molar-refractivity contribution in [3.63, 3.8) is 0 Å². The molecule has 0 N–H and O–H groups in total. The Hall–Kier alpha value is -3.10. The minimum atomic E-state index is -1.70. The highest BCUT2D eigenvalue weighted by Gasteiger charge is 2.23. The normalized spacial score (nSPS) is 11.1. The molecule has 0 saturated carbocycles. The molecule has 0 atom stereocenters. The smallest absolute Gasteiger partial charge is 0.203 e. The van der Waals surface area contributed by atoms with Crippen LogP contribution in [0, 0.1) is 44.0 Å². The first-order valence-corrected chi connectivity index (χ1v) is 7.82. The van der Waals surface area contributed by atoms with Crippen molar-refractivity contribution < 1.29 is 31.6 Å². The molecule has 3 aromatic rings. The Morgan fingerprint density at radius 3 is 2.26 bits per heavy atom. The number of benzene rings is 1. The molecule has 0 bridgehead atoms. The topological polar surface area (TPSA) is 57.3 Å². The maximum Gasteiger partial charge on any atom is 0.203 e. The monoisotopic (exact) mass is 382 g/mol. The molecule has 0 amide bonds. The van der Waals surface area contributed by atoms with Crippen LogP contribution in [0.4, 0.5) is 17.6 Å². The zero-order valence-electron chi connectivity index (χ0n) is 14.6. The molecule has 27 heavy (non-hydrogen) atoms. The zero-order chi connectivity index (χ0) is 19.9. The molecule has 3 rings (SSSR count). The summed E-state index contributed by atoms with van der Waals surface area (Å²) in [4.78, 5) is 12.4. The van der Waals surface area contributed by atoms with Gasteiger partial charge in [0.1, 0.15) is 5.76 Å². The summed E-state index contributed by atoms with van der Waals surface area (Å²) in [5, 5.41) is 3.88. The van der Waals surface area contributed by atoms with Gasteiger partial charge in [0.15, 0.2) is 29.8 Å². The van der Waals surface area contributed by atoms with Crippen LogP contribution in [-0.2, 0) is 0 Å². The first kappa shape index (κ1) is 18.7. The van der Waals surface area contributed by atoms with Crippen LogP contribution in [0.1, 0.15) is 27.5 Å². The minimum Gasteiger partial charge on any atom is -0.479 e. The van der Waals surface area contributed by atoms with Gasteiger partial charge in [0.05, 0.1) is 0 Å². The maximum absolute atomic E-state index is 13.6. The van der Waals surface area contributed by atoms with Gasteiger partial charge in [-0.25, -0.2) is 8.78 Å². The molecule has 0 fully saturated rings. The van der Waals surface area contributed by atoms with E-state index in [1.165, 1.54) is 0 Å². The lowest BCUT2D eigenvalue weighted by Crippen LogP contribution is -2.15. The molecule has 5 nitrogen and oxygen atoms in total. The quantitative estimate of drug-likeness (QED) is 0.377. The Kier molecular flexibility index (Phi) is 4.77. The molecule has 0 unspecified atom stereocenters. The van der Waals surface area contributed by atoms with Crippen molar-refractivity contribution in [3.8, 4) is 11.6 Å². The molecule has 2 aromatic heterocycles. The van der Waals surface area contributed by atoms with Gasteiger partial charge in [0, 0.05) is 29.1 Å². The second-order valence-corrected chi connectivity index (χ2v) is 5.93. The lowest BCUT2D eigenvalue weighted by molar-refractivity contribution is 0.0913. The summed E-state index contributed by atoms with van der Waals surface area (Å²) >= 11 is 0. The van der Waals surface area contributed by atoms with Crippen molar-refractivity contribution >= 4 is 5.78 Å². The van der Waals surface area contributed by atoms with Crippen LogP contribution in [0.3, 0.4) is 0 Å². The van der Waals surface area contributed by atoms with E-state index in [0.29, 0.717) is 23.0 Å². The van der Waals surface area contributed by atoms with Gasteiger partial charge in [-0.2, -0.15) is 8.78 Å². The lowest BCUT2D eigenvalue weighted by atomic mass is 10.1. The van der Waals surface area contributed by atoms with Crippen LogP contribution in [0.5, 0.6) is 5.75 Å². The Morgan fingerprint density at radius 2 is 1.70 bits per heavy atom. The summed E-state index contributed by atoms with van der Waals surface area (Å²) in [6.45, 7) is 4.29. The summed E-state index contributed by atoms with van der Waals surface area (Å²) in [7, 11) is 0. The number of aromatic nitrogens is 2. The third-order valence-electron chi connectivity index (χ3n) is 4.00. The number of ether oxygens (including phenoxy) is 1. The van der Waals surface area contributed by atoms with Gasteiger partial charge in [-0.15, -0.1) is 0 Å². The molecule has 2 heterocycles. The van der Waals surface area contributed by atoms with E-state index in [9.17, 15) is 22.4 Å². The van der Waals surface area contributed by atoms with Crippen LogP contribution >= 0.6 is 0 Å². The highest BCUT2D eigenvalue weighted by atomic mass is 19.2. The Balaban J connectivity index is 1.86. The highest BCUT2D eigenvalue weighted by molar-refractivity contribution is 5.98. The molecule has 9 heteroatoms. The summed E-state index contributed by atoms with van der Waals surface area (Å²) in [5.41, 5.74) is 1.38. The van der Waals surface area contributed by atoms with Gasteiger partial charge in [0.25, 0.3) is 0 Å². The molecule has 0 aliphatic heterocycles. The number of carbonyl (C=O) groups is 1. The standard InChI is InChI=1S/C18H14F4N2O3/c1-8-4-11(10(3)24(8)15-5-9(2)27-23-15)14(25)7-26-18-16(21)12(19)6-13(20)17(18)22/h4-6H,7H2,1-3H3. The largest absolute Gasteiger partial charge is 0.479 e. The van der Waals surface area contributed by atoms with Gasteiger partial charge in [-0.05, 0) is 26.8 Å². The summed E-state index contributed by atoms with van der Waals surface area (Å²) in [6, 6.07) is 3.28. The predicted molar refractivity (Wildman–Crippen MR) is 86.1 cm³/mol. The second kappa shape index (κ2) is 6.90. The number of nitrogens with zero attached hydrogens (tertiary/aromatic N) is 2. The molecule has 0 aliphatic carbocycles. The maximum atomic E-state index is 13.6. The number of Topliss-reactive ketones (excluding diaryl/α,β-unsaturated/α-hetero) is 1. The van der Waals surface area contributed by atoms with Gasteiger partial charge in [0.2, 0.25) is 17.4 Å². The molecule has 0 radical (unpaired) electrons. The summed E-state index contributed by atoms with van der Waals surface area (Å²) in [5.74, 6) is -7.50. The van der Waals surface area contributed by atoms with Crippen molar-refractivity contribution in [1.29, 1.82) is 0 Å². The van der Waals surface area contributed by atoms with E-state index in [-0.39, 0.29) is 11.6 Å². The second-order valence-electron chi connectivity index (χ2n) is 5.93. The molecule has 1 aromatic carbocycles. The van der Waals surface area contributed by atoms with Crippen LogP contribution < -0.4 is 4.74 Å². The van der Waals surface area contributed by atoms with Crippen LogP contribution in [0.15, 0.2) is 22.7 Å². The molecule has 0 aliphatic rings. The Labute approximate surface area is 151 Å². The van der Waals surface area contributed by atoms with E-state index in [1.807, 2.05) is 0 Å². The number of carbonyl (C=O) groups excluding carboxylic acids is 1. The van der Waals surface area contributed by atoms with Crippen LogP contribution in [0.25, 0.3) is 5.82 Å². The van der Waals surface area contributed by atoms with E-state index in [4.69, 9.17) is 9.26 Å². The third-order valence-corrected chi connectivity index (χ3v) is 4.00. The van der Waals surface area contributed by atoms with E-state index in [0.717, 1.165) is 0 Å². The van der Waals surface area contributed by atoms with Crippen molar-refractivity contribution in [2.75, 3.05) is 6.61 Å². The molecular formula is C18H14F4N2O3. The fourth-order valence-corrected chi connectivity index (χ4v) is 2.75. The van der Waals surface area contributed by atoms with Crippen LogP contribution in [-0.4, -0.2) is 22.1 Å². The molecule has 0 saturated heterocycles. The SMILES string of the molecule is Cc1cc(-n2c(C)cc(C(=O)COc3c(F)c(F)cc(F)c3F)c2C)no1. The number of halogens is 4. The van der Waals surface area contributed by atoms with E-state index < -0.39 is 41.4 Å². The predicted octanol–water partition coefficient (Wildman–Crippen LogP) is 4.21. The van der Waals surface area contributed by atoms with Gasteiger partial charge < -0.3 is 9.26 Å². The highest BCUT2D eigenvalue weighted by Crippen LogP contribution is 2.27. The van der Waals surface area contributed by atoms with E-state index in [2.05, 4.69) is 5.16 Å². The number of ketones is 1. The number of hydrogen-bond donors (Lipinski definition) is 0. The third kappa shape index (κ3) is 3.32. The van der Waals surface area contributed by atoms with Gasteiger partial charge in [-0.1, -0.05) is 5.16 Å². The fourth-order valence-electron chi connectivity index (χ4n) is 2.75. The zero-order valence-corrected chi connectivity index (χ0v) is 14.6. The first-order valence-electron chi connectivity index (χ1n) is 7.82. The van der Waals surface area contributed by atoms with Gasteiger partial charge in [-0.3, -0.25) is 9.36 Å². The molecule has 142 valence electrons. The van der Waals surface area contributed by atoms with Crippen LogP contribution in [0.2, 0.25) is 0 Å².